The van der Waals surface area contributed by atoms with Gasteiger partial charge in [-0.2, -0.15) is 13.2 Å². The van der Waals surface area contributed by atoms with Crippen molar-refractivity contribution in [1.29, 1.82) is 0 Å². The molecule has 11 heteroatoms. The van der Waals surface area contributed by atoms with Gasteiger partial charge in [0.25, 0.3) is 0 Å². The molecule has 0 spiro atoms. The Morgan fingerprint density at radius 1 is 1.29 bits per heavy atom. The highest BCUT2D eigenvalue weighted by Gasteiger charge is 2.43. The molecule has 0 aromatic carbocycles. The van der Waals surface area contributed by atoms with Crippen LogP contribution in [-0.2, 0) is 16.2 Å². The lowest BCUT2D eigenvalue weighted by Crippen LogP contribution is -2.23. The van der Waals surface area contributed by atoms with Gasteiger partial charge in [0, 0.05) is 17.1 Å². The number of carbonyl (C=O) groups is 1. The summed E-state index contributed by atoms with van der Waals surface area (Å²) >= 11 is 2.71. The van der Waals surface area contributed by atoms with Crippen LogP contribution in [0.25, 0.3) is 0 Å². The van der Waals surface area contributed by atoms with Crippen LogP contribution in [0.2, 0.25) is 0 Å². The van der Waals surface area contributed by atoms with Gasteiger partial charge in [0.15, 0.2) is 11.4 Å². The number of halogens is 7. The van der Waals surface area contributed by atoms with E-state index in [-0.39, 0.29) is 0 Å². The number of alkyl halides is 7. The van der Waals surface area contributed by atoms with E-state index in [2.05, 4.69) is 30.4 Å². The number of rotatable bonds is 3. The topological polar surface area (TPSA) is 48.4 Å². The van der Waals surface area contributed by atoms with Crippen LogP contribution in [-0.4, -0.2) is 24.4 Å². The third-order valence-corrected chi connectivity index (χ3v) is 2.72. The summed E-state index contributed by atoms with van der Waals surface area (Å²) in [6, 6.07) is 0. The Bertz CT molecular complexity index is 543. The average molecular weight is 382 g/mol. The minimum atomic E-state index is -5.38. The number of methoxy groups -OCH3 is 1. The molecule has 0 aliphatic rings. The quantitative estimate of drug-likeness (QED) is 0.455. The van der Waals surface area contributed by atoms with Crippen LogP contribution >= 0.6 is 15.9 Å². The van der Waals surface area contributed by atoms with Crippen LogP contribution < -0.4 is 4.74 Å². The first-order valence-corrected chi connectivity index (χ1v) is 6.12. The zero-order valence-corrected chi connectivity index (χ0v) is 11.7. The number of pyridine rings is 1. The molecule has 1 heterocycles. The number of carbonyl (C=O) groups excluding carboxylic acids is 1. The van der Waals surface area contributed by atoms with E-state index in [1.54, 1.807) is 0 Å². The Morgan fingerprint density at radius 2 is 1.86 bits per heavy atom. The van der Waals surface area contributed by atoms with Gasteiger partial charge in [-0.15, -0.1) is 13.2 Å². The predicted molar refractivity (Wildman–Crippen MR) is 59.9 cm³/mol. The monoisotopic (exact) mass is 381 g/mol. The Hall–Kier alpha value is -1.52. The summed E-state index contributed by atoms with van der Waals surface area (Å²) in [6.07, 6.45) is -10.1. The summed E-state index contributed by atoms with van der Waals surface area (Å²) in [5.74, 6) is -2.73. The summed E-state index contributed by atoms with van der Waals surface area (Å²) in [6.45, 7) is 0. The van der Waals surface area contributed by atoms with Gasteiger partial charge in [0.1, 0.15) is 0 Å². The molecule has 4 nitrogen and oxygen atoms in total. The molecule has 0 saturated heterocycles. The van der Waals surface area contributed by atoms with Crippen LogP contribution in [0.1, 0.15) is 21.6 Å². The minimum absolute atomic E-state index is 0.481. The molecule has 0 aliphatic heterocycles. The van der Waals surface area contributed by atoms with Gasteiger partial charge in [-0.1, -0.05) is 15.9 Å². The predicted octanol–water partition coefficient (Wildman–Crippen LogP) is 3.68. The Morgan fingerprint density at radius 3 is 2.24 bits per heavy atom. The van der Waals surface area contributed by atoms with Crippen molar-refractivity contribution in [1.82, 2.24) is 4.98 Å². The van der Waals surface area contributed by atoms with Crippen molar-refractivity contribution in [2.45, 2.75) is 17.9 Å². The van der Waals surface area contributed by atoms with E-state index in [9.17, 15) is 31.1 Å². The maximum atomic E-state index is 12.7. The second-order valence-corrected chi connectivity index (χ2v) is 4.06. The molecular weight excluding hydrogens is 376 g/mol. The third kappa shape index (κ3) is 4.22. The zero-order chi connectivity index (χ0) is 16.4. The van der Waals surface area contributed by atoms with E-state index in [0.29, 0.717) is 6.20 Å². The minimum Gasteiger partial charge on any atom is -0.465 e. The number of hydrogen-bond donors (Lipinski definition) is 0. The zero-order valence-electron chi connectivity index (χ0n) is 10.1. The molecule has 0 radical (unpaired) electrons. The maximum Gasteiger partial charge on any atom is 0.573 e. The normalized spacial score (nSPS) is 12.2. The number of hydrogen-bond acceptors (Lipinski definition) is 4. The summed E-state index contributed by atoms with van der Waals surface area (Å²) in [7, 11) is 0.919. The van der Waals surface area contributed by atoms with E-state index in [1.807, 2.05) is 0 Å². The van der Waals surface area contributed by atoms with Crippen molar-refractivity contribution in [2.24, 2.45) is 0 Å². The van der Waals surface area contributed by atoms with Gasteiger partial charge in [0.2, 0.25) is 0 Å². The molecule has 1 aromatic rings. The lowest BCUT2D eigenvalue weighted by Gasteiger charge is -2.18. The SMILES string of the molecule is COC(=O)c1cnc(C(F)(F)F)c(OC(F)(F)F)c1CBr. The molecule has 0 aliphatic carbocycles. The summed E-state index contributed by atoms with van der Waals surface area (Å²) in [5.41, 5.74) is -3.12. The van der Waals surface area contributed by atoms with Crippen molar-refractivity contribution < 1.29 is 40.6 Å². The van der Waals surface area contributed by atoms with Crippen molar-refractivity contribution in [3.8, 4) is 5.75 Å². The first-order chi connectivity index (χ1) is 9.51. The van der Waals surface area contributed by atoms with E-state index >= 15 is 0 Å². The summed E-state index contributed by atoms with van der Waals surface area (Å²) in [4.78, 5) is 14.2. The molecule has 0 N–H and O–H groups in total. The fourth-order valence-corrected chi connectivity index (χ4v) is 1.93. The number of esters is 1. The molecule has 1 aromatic heterocycles. The van der Waals surface area contributed by atoms with Gasteiger partial charge in [0.05, 0.1) is 12.7 Å². The Kier molecular flexibility index (Phi) is 5.07. The molecule has 0 fully saturated rings. The van der Waals surface area contributed by atoms with Crippen LogP contribution in [0.15, 0.2) is 6.20 Å². The molecule has 0 atom stereocenters. The van der Waals surface area contributed by atoms with Crippen molar-refractivity contribution in [3.63, 3.8) is 0 Å². The number of nitrogens with zero attached hydrogens (tertiary/aromatic N) is 1. The summed E-state index contributed by atoms with van der Waals surface area (Å²) in [5, 5.41) is -0.506. The Labute approximate surface area is 122 Å². The van der Waals surface area contributed by atoms with Gasteiger partial charge in [-0.3, -0.25) is 0 Å². The van der Waals surface area contributed by atoms with Gasteiger partial charge >= 0.3 is 18.5 Å². The van der Waals surface area contributed by atoms with Gasteiger partial charge in [-0.25, -0.2) is 9.78 Å². The smallest absolute Gasteiger partial charge is 0.465 e. The van der Waals surface area contributed by atoms with E-state index < -0.39 is 46.4 Å². The molecule has 118 valence electrons. The Balaban J connectivity index is 3.60. The highest BCUT2D eigenvalue weighted by Crippen LogP contribution is 2.41. The molecule has 1 rings (SSSR count). The van der Waals surface area contributed by atoms with Crippen molar-refractivity contribution in [3.05, 3.63) is 23.0 Å². The van der Waals surface area contributed by atoms with E-state index in [0.717, 1.165) is 7.11 Å². The van der Waals surface area contributed by atoms with Gasteiger partial charge < -0.3 is 9.47 Å². The molecule has 0 saturated carbocycles. The molecule has 0 amide bonds. The van der Waals surface area contributed by atoms with E-state index in [4.69, 9.17) is 0 Å². The highest BCUT2D eigenvalue weighted by atomic mass is 79.9. The van der Waals surface area contributed by atoms with Crippen molar-refractivity contribution in [2.75, 3.05) is 7.11 Å². The molecular formula is C10H6BrF6NO3. The lowest BCUT2D eigenvalue weighted by atomic mass is 10.1. The third-order valence-electron chi connectivity index (χ3n) is 2.16. The van der Waals surface area contributed by atoms with Gasteiger partial charge in [-0.05, 0) is 0 Å². The largest absolute Gasteiger partial charge is 0.573 e. The molecule has 0 unspecified atom stereocenters. The molecule has 0 bridgehead atoms. The molecule has 21 heavy (non-hydrogen) atoms. The maximum absolute atomic E-state index is 12.7. The number of aromatic nitrogens is 1. The van der Waals surface area contributed by atoms with Crippen LogP contribution in [0, 0.1) is 0 Å². The second kappa shape index (κ2) is 6.08. The first kappa shape index (κ1) is 17.5. The van der Waals surface area contributed by atoms with Crippen molar-refractivity contribution >= 4 is 21.9 Å². The average Bonchev–Trinajstić information content (AvgIpc) is 2.33. The second-order valence-electron chi connectivity index (χ2n) is 3.50. The fourth-order valence-electron chi connectivity index (χ4n) is 1.38. The lowest BCUT2D eigenvalue weighted by molar-refractivity contribution is -0.276. The fraction of sp³-hybridized carbons (Fsp3) is 0.400. The first-order valence-electron chi connectivity index (χ1n) is 5.00. The summed E-state index contributed by atoms with van der Waals surface area (Å²) < 4.78 is 82.7. The standard InChI is InChI=1S/C10H6BrF6NO3/c1-20-8(19)5-3-18-7(9(12,13)14)6(4(5)2-11)21-10(15,16)17/h3H,2H2,1H3. The van der Waals surface area contributed by atoms with Crippen LogP contribution in [0.5, 0.6) is 5.75 Å². The van der Waals surface area contributed by atoms with Crippen LogP contribution in [0.4, 0.5) is 26.3 Å². The van der Waals surface area contributed by atoms with E-state index in [1.165, 1.54) is 0 Å². The number of ether oxygens (including phenoxy) is 2. The van der Waals surface area contributed by atoms with Crippen LogP contribution in [0.3, 0.4) is 0 Å². The highest BCUT2D eigenvalue weighted by molar-refractivity contribution is 9.08.